The van der Waals surface area contributed by atoms with Crippen LogP contribution < -0.4 is 5.32 Å². The van der Waals surface area contributed by atoms with E-state index in [-0.39, 0.29) is 11.6 Å². The molecule has 0 spiro atoms. The minimum atomic E-state index is -0.701. The topological polar surface area (TPSA) is 92.5 Å². The number of nitro benzene ring substituents is 1. The van der Waals surface area contributed by atoms with Crippen molar-refractivity contribution in [2.45, 2.75) is 17.4 Å². The van der Waals surface area contributed by atoms with Gasteiger partial charge in [-0.05, 0) is 42.3 Å². The van der Waals surface area contributed by atoms with E-state index in [1.54, 1.807) is 11.8 Å². The Morgan fingerprint density at radius 3 is 2.83 bits per heavy atom. The highest BCUT2D eigenvalue weighted by atomic mass is 35.5. The number of carbonyl (C=O) groups is 1. The molecule has 1 amide bonds. The smallest absolute Gasteiger partial charge is 0.310 e. The van der Waals surface area contributed by atoms with Crippen LogP contribution in [0.4, 0.5) is 5.69 Å². The number of rotatable bonds is 3. The van der Waals surface area contributed by atoms with Crippen LogP contribution in [-0.4, -0.2) is 21.7 Å². The summed E-state index contributed by atoms with van der Waals surface area (Å²) in [6, 6.07) is 8.93. The summed E-state index contributed by atoms with van der Waals surface area (Å²) in [6.45, 7) is 0. The summed E-state index contributed by atoms with van der Waals surface area (Å²) in [5, 5.41) is 23.9. The molecule has 0 unspecified atom stereocenters. The number of fused-ring (bicyclic) bond motifs is 1. The number of benzene rings is 2. The predicted octanol–water partition coefficient (Wildman–Crippen LogP) is 3.92. The number of aromatic hydroxyl groups is 1. The number of phenolic OH excluding ortho intramolecular Hbond substituents is 1. The van der Waals surface area contributed by atoms with Gasteiger partial charge in [0.05, 0.1) is 11.0 Å². The van der Waals surface area contributed by atoms with Gasteiger partial charge in [-0.25, -0.2) is 0 Å². The van der Waals surface area contributed by atoms with Crippen LogP contribution in [0.15, 0.2) is 41.3 Å². The van der Waals surface area contributed by atoms with Crippen molar-refractivity contribution >= 4 is 35.0 Å². The highest BCUT2D eigenvalue weighted by Gasteiger charge is 2.24. The van der Waals surface area contributed by atoms with E-state index in [0.29, 0.717) is 5.02 Å². The molecule has 6 nitrogen and oxygen atoms in total. The van der Waals surface area contributed by atoms with Crippen LogP contribution in [0.25, 0.3) is 0 Å². The molecule has 0 saturated carbocycles. The Labute approximate surface area is 147 Å². The lowest BCUT2D eigenvalue weighted by atomic mass is 10.0. The molecule has 2 aromatic carbocycles. The van der Waals surface area contributed by atoms with E-state index in [4.69, 9.17) is 11.6 Å². The second kappa shape index (κ2) is 6.70. The van der Waals surface area contributed by atoms with Gasteiger partial charge in [0.15, 0.2) is 5.75 Å². The fourth-order valence-corrected chi connectivity index (χ4v) is 3.86. The number of thioether (sulfide) groups is 1. The van der Waals surface area contributed by atoms with E-state index in [1.807, 2.05) is 18.2 Å². The van der Waals surface area contributed by atoms with Crippen molar-refractivity contribution in [1.29, 1.82) is 0 Å². The molecule has 24 heavy (non-hydrogen) atoms. The van der Waals surface area contributed by atoms with Gasteiger partial charge in [0.1, 0.15) is 0 Å². The summed E-state index contributed by atoms with van der Waals surface area (Å²) < 4.78 is 0. The third-order valence-electron chi connectivity index (χ3n) is 3.75. The zero-order valence-corrected chi connectivity index (χ0v) is 13.9. The van der Waals surface area contributed by atoms with Crippen LogP contribution in [0, 0.1) is 10.1 Å². The summed E-state index contributed by atoms with van der Waals surface area (Å²) >= 11 is 7.75. The third-order valence-corrected chi connectivity index (χ3v) is 5.11. The second-order valence-corrected chi connectivity index (χ2v) is 6.88. The van der Waals surface area contributed by atoms with Crippen molar-refractivity contribution in [2.24, 2.45) is 0 Å². The quantitative estimate of drug-likeness (QED) is 0.636. The minimum absolute atomic E-state index is 0.167. The lowest BCUT2D eigenvalue weighted by molar-refractivity contribution is -0.385. The monoisotopic (exact) mass is 364 g/mol. The van der Waals surface area contributed by atoms with Crippen LogP contribution >= 0.6 is 23.4 Å². The fourth-order valence-electron chi connectivity index (χ4n) is 2.58. The molecule has 0 radical (unpaired) electrons. The normalized spacial score (nSPS) is 16.3. The SMILES string of the molecule is O=C(N[C@H]1CCSc2ccc(Cl)cc21)c1ccc([N+](=O)[O-])c(O)c1. The van der Waals surface area contributed by atoms with Crippen LogP contribution in [0.3, 0.4) is 0 Å². The van der Waals surface area contributed by atoms with Crippen molar-refractivity contribution in [3.05, 3.63) is 62.7 Å². The number of hydrogen-bond donors (Lipinski definition) is 2. The molecule has 1 heterocycles. The highest BCUT2D eigenvalue weighted by Crippen LogP contribution is 2.37. The number of phenols is 1. The molecule has 0 aliphatic carbocycles. The highest BCUT2D eigenvalue weighted by molar-refractivity contribution is 7.99. The molecule has 1 aliphatic heterocycles. The molecule has 3 rings (SSSR count). The molecule has 0 bridgehead atoms. The Bertz CT molecular complexity index is 828. The van der Waals surface area contributed by atoms with Crippen molar-refractivity contribution in [2.75, 3.05) is 5.75 Å². The van der Waals surface area contributed by atoms with Crippen molar-refractivity contribution < 1.29 is 14.8 Å². The minimum Gasteiger partial charge on any atom is -0.502 e. The van der Waals surface area contributed by atoms with Crippen molar-refractivity contribution in [3.8, 4) is 5.75 Å². The van der Waals surface area contributed by atoms with E-state index >= 15 is 0 Å². The van der Waals surface area contributed by atoms with Crippen LogP contribution in [0.1, 0.15) is 28.4 Å². The number of nitrogens with zero attached hydrogens (tertiary/aromatic N) is 1. The van der Waals surface area contributed by atoms with Gasteiger partial charge in [0, 0.05) is 27.3 Å². The van der Waals surface area contributed by atoms with Crippen LogP contribution in [-0.2, 0) is 0 Å². The zero-order chi connectivity index (χ0) is 17.3. The molecule has 0 aromatic heterocycles. The maximum atomic E-state index is 12.4. The Kier molecular flexibility index (Phi) is 4.64. The van der Waals surface area contributed by atoms with E-state index in [1.165, 1.54) is 6.07 Å². The molecule has 1 aliphatic rings. The number of hydrogen-bond acceptors (Lipinski definition) is 5. The number of carbonyl (C=O) groups excluding carboxylic acids is 1. The van der Waals surface area contributed by atoms with Crippen LogP contribution in [0.2, 0.25) is 5.02 Å². The summed E-state index contributed by atoms with van der Waals surface area (Å²) in [7, 11) is 0. The van der Waals surface area contributed by atoms with Gasteiger partial charge >= 0.3 is 5.69 Å². The van der Waals surface area contributed by atoms with E-state index in [2.05, 4.69) is 5.32 Å². The molecule has 0 saturated heterocycles. The Morgan fingerprint density at radius 1 is 1.33 bits per heavy atom. The lowest BCUT2D eigenvalue weighted by Crippen LogP contribution is -2.30. The maximum absolute atomic E-state index is 12.4. The van der Waals surface area contributed by atoms with Gasteiger partial charge in [-0.1, -0.05) is 11.6 Å². The van der Waals surface area contributed by atoms with Gasteiger partial charge in [-0.3, -0.25) is 14.9 Å². The van der Waals surface area contributed by atoms with Gasteiger partial charge in [0.25, 0.3) is 5.91 Å². The van der Waals surface area contributed by atoms with Gasteiger partial charge in [-0.15, -0.1) is 11.8 Å². The summed E-state index contributed by atoms with van der Waals surface area (Å²) in [4.78, 5) is 23.5. The zero-order valence-electron chi connectivity index (χ0n) is 12.4. The summed E-state index contributed by atoms with van der Waals surface area (Å²) in [5.74, 6) is -0.0660. The van der Waals surface area contributed by atoms with Crippen molar-refractivity contribution in [3.63, 3.8) is 0 Å². The molecule has 2 N–H and O–H groups in total. The molecule has 124 valence electrons. The molecule has 1 atom stereocenters. The summed E-state index contributed by atoms with van der Waals surface area (Å²) in [6.07, 6.45) is 0.753. The molecule has 2 aromatic rings. The van der Waals surface area contributed by atoms with Gasteiger partial charge < -0.3 is 10.4 Å². The Hall–Kier alpha value is -2.25. The maximum Gasteiger partial charge on any atom is 0.310 e. The van der Waals surface area contributed by atoms with Crippen LogP contribution in [0.5, 0.6) is 5.75 Å². The van der Waals surface area contributed by atoms with E-state index < -0.39 is 22.3 Å². The second-order valence-electron chi connectivity index (χ2n) is 5.31. The molecular formula is C16H13ClN2O4S. The first-order chi connectivity index (χ1) is 11.5. The van der Waals surface area contributed by atoms with Crippen molar-refractivity contribution in [1.82, 2.24) is 5.32 Å². The lowest BCUT2D eigenvalue weighted by Gasteiger charge is -2.26. The summed E-state index contributed by atoms with van der Waals surface area (Å²) in [5.41, 5.74) is 0.691. The third kappa shape index (κ3) is 3.32. The van der Waals surface area contributed by atoms with E-state index in [9.17, 15) is 20.0 Å². The number of nitro groups is 1. The average Bonchev–Trinajstić information content (AvgIpc) is 2.55. The first kappa shape index (κ1) is 16.6. The molecule has 8 heteroatoms. The Morgan fingerprint density at radius 2 is 2.12 bits per heavy atom. The van der Waals surface area contributed by atoms with Gasteiger partial charge in [0.2, 0.25) is 0 Å². The first-order valence-electron chi connectivity index (χ1n) is 7.16. The van der Waals surface area contributed by atoms with E-state index in [0.717, 1.165) is 34.8 Å². The molecular weight excluding hydrogens is 352 g/mol. The fraction of sp³-hybridized carbons (Fsp3) is 0.188. The first-order valence-corrected chi connectivity index (χ1v) is 8.52. The predicted molar refractivity (Wildman–Crippen MR) is 91.8 cm³/mol. The van der Waals surface area contributed by atoms with Gasteiger partial charge in [-0.2, -0.15) is 0 Å². The Balaban J connectivity index is 1.82. The number of nitrogens with one attached hydrogen (secondary N) is 1. The number of halogens is 1. The standard InChI is InChI=1S/C16H13ClN2O4S/c17-10-2-4-15-11(8-10)12(5-6-24-15)18-16(21)9-1-3-13(19(22)23)14(20)7-9/h1-4,7-8,12,20H,5-6H2,(H,18,21)/t12-/m0/s1. The molecule has 0 fully saturated rings. The largest absolute Gasteiger partial charge is 0.502 e. The number of amides is 1. The average molecular weight is 365 g/mol.